The van der Waals surface area contributed by atoms with Crippen molar-refractivity contribution in [1.82, 2.24) is 0 Å². The lowest BCUT2D eigenvalue weighted by atomic mass is 10.1. The first-order valence-electron chi connectivity index (χ1n) is 7.60. The van der Waals surface area contributed by atoms with E-state index in [1.807, 2.05) is 50.2 Å². The number of hydrogen-bond donors (Lipinski definition) is 1. The van der Waals surface area contributed by atoms with Gasteiger partial charge in [0, 0.05) is 27.2 Å². The molecule has 120 valence electrons. The number of amides is 1. The Morgan fingerprint density at radius 1 is 1.35 bits per heavy atom. The number of nitrogens with one attached hydrogen (secondary N) is 1. The fraction of sp³-hybridized carbons (Fsp3) is 0.278. The van der Waals surface area contributed by atoms with Crippen LogP contribution in [-0.4, -0.2) is 18.6 Å². The number of carbonyl (C=O) groups is 1. The van der Waals surface area contributed by atoms with E-state index < -0.39 is 0 Å². The van der Waals surface area contributed by atoms with Gasteiger partial charge in [0.15, 0.2) is 0 Å². The van der Waals surface area contributed by atoms with Crippen molar-refractivity contribution < 1.29 is 14.3 Å². The Labute approximate surface area is 149 Å². The number of ether oxygens (including phenoxy) is 2. The summed E-state index contributed by atoms with van der Waals surface area (Å²) in [4.78, 5) is 12.4. The minimum absolute atomic E-state index is 0.154. The molecule has 0 saturated heterocycles. The van der Waals surface area contributed by atoms with Gasteiger partial charge in [0.05, 0.1) is 12.3 Å². The summed E-state index contributed by atoms with van der Waals surface area (Å²) in [5, 5.41) is 2.93. The van der Waals surface area contributed by atoms with Gasteiger partial charge in [0.25, 0.3) is 5.91 Å². The van der Waals surface area contributed by atoms with Gasteiger partial charge in [0.1, 0.15) is 17.6 Å². The minimum Gasteiger partial charge on any atom is -0.492 e. The average molecular weight is 423 g/mol. The lowest BCUT2D eigenvalue weighted by Crippen LogP contribution is -2.13. The first-order chi connectivity index (χ1) is 11.1. The number of benzene rings is 2. The van der Waals surface area contributed by atoms with Crippen LogP contribution in [0.25, 0.3) is 0 Å². The van der Waals surface area contributed by atoms with Gasteiger partial charge in [-0.25, -0.2) is 0 Å². The van der Waals surface area contributed by atoms with E-state index in [1.165, 1.54) is 0 Å². The second kappa shape index (κ2) is 6.78. The van der Waals surface area contributed by atoms with E-state index in [0.29, 0.717) is 23.6 Å². The van der Waals surface area contributed by atoms with E-state index in [1.54, 1.807) is 0 Å². The third-order valence-electron chi connectivity index (χ3n) is 3.65. The molecule has 1 amide bonds. The normalized spacial score (nSPS) is 15.7. The second-order valence-corrected chi connectivity index (χ2v) is 6.73. The Morgan fingerprint density at radius 2 is 2.09 bits per heavy atom. The van der Waals surface area contributed by atoms with Crippen LogP contribution in [0, 0.1) is 3.57 Å². The van der Waals surface area contributed by atoms with Crippen LogP contribution in [0.2, 0.25) is 0 Å². The minimum atomic E-state index is -0.159. The summed E-state index contributed by atoms with van der Waals surface area (Å²) >= 11 is 2.21. The molecule has 5 heteroatoms. The maximum absolute atomic E-state index is 12.4. The molecule has 0 spiro atoms. The maximum Gasteiger partial charge on any atom is 0.255 e. The van der Waals surface area contributed by atoms with Gasteiger partial charge < -0.3 is 14.8 Å². The molecule has 0 aromatic heterocycles. The highest BCUT2D eigenvalue weighted by Crippen LogP contribution is 2.38. The van der Waals surface area contributed by atoms with Gasteiger partial charge in [-0.05, 0) is 66.8 Å². The summed E-state index contributed by atoms with van der Waals surface area (Å²) in [5.41, 5.74) is 2.37. The van der Waals surface area contributed by atoms with E-state index in [4.69, 9.17) is 9.47 Å². The van der Waals surface area contributed by atoms with E-state index >= 15 is 0 Å². The van der Waals surface area contributed by atoms with Gasteiger partial charge in [-0.15, -0.1) is 0 Å². The fourth-order valence-corrected chi connectivity index (χ4v) is 2.97. The smallest absolute Gasteiger partial charge is 0.255 e. The van der Waals surface area contributed by atoms with E-state index in [0.717, 1.165) is 21.3 Å². The maximum atomic E-state index is 12.4. The molecule has 4 nitrogen and oxygen atoms in total. The van der Waals surface area contributed by atoms with Crippen LogP contribution in [0.1, 0.15) is 29.8 Å². The summed E-state index contributed by atoms with van der Waals surface area (Å²) in [6.45, 7) is 4.50. The largest absolute Gasteiger partial charge is 0.492 e. The van der Waals surface area contributed by atoms with Gasteiger partial charge in [-0.1, -0.05) is 0 Å². The quantitative estimate of drug-likeness (QED) is 0.748. The van der Waals surface area contributed by atoms with Crippen LogP contribution in [0.5, 0.6) is 11.5 Å². The highest BCUT2D eigenvalue weighted by atomic mass is 127. The van der Waals surface area contributed by atoms with Crippen molar-refractivity contribution in [3.8, 4) is 11.5 Å². The number of anilines is 1. The monoisotopic (exact) mass is 423 g/mol. The van der Waals surface area contributed by atoms with Crippen molar-refractivity contribution in [2.45, 2.75) is 26.4 Å². The summed E-state index contributed by atoms with van der Waals surface area (Å²) in [7, 11) is 0. The molecule has 1 aliphatic heterocycles. The van der Waals surface area contributed by atoms with Crippen molar-refractivity contribution in [1.29, 1.82) is 0 Å². The van der Waals surface area contributed by atoms with Gasteiger partial charge >= 0.3 is 0 Å². The molecule has 0 unspecified atom stereocenters. The zero-order chi connectivity index (χ0) is 16.4. The topological polar surface area (TPSA) is 47.6 Å². The summed E-state index contributed by atoms with van der Waals surface area (Å²) in [6.07, 6.45) is 1.02. The molecule has 3 rings (SSSR count). The number of fused-ring (bicyclic) bond motifs is 1. The highest BCUT2D eigenvalue weighted by molar-refractivity contribution is 14.1. The fourth-order valence-electron chi connectivity index (χ4n) is 2.61. The van der Waals surface area contributed by atoms with Crippen molar-refractivity contribution >= 4 is 34.2 Å². The lowest BCUT2D eigenvalue weighted by Gasteiger charge is -2.13. The van der Waals surface area contributed by atoms with E-state index in [-0.39, 0.29) is 12.0 Å². The summed E-state index contributed by atoms with van der Waals surface area (Å²) in [6, 6.07) is 11.3. The van der Waals surface area contributed by atoms with Crippen LogP contribution >= 0.6 is 22.6 Å². The molecule has 0 radical (unpaired) electrons. The van der Waals surface area contributed by atoms with Gasteiger partial charge in [-0.2, -0.15) is 0 Å². The predicted molar refractivity (Wildman–Crippen MR) is 98.5 cm³/mol. The first-order valence-corrected chi connectivity index (χ1v) is 8.68. The Bertz CT molecular complexity index is 728. The zero-order valence-electron chi connectivity index (χ0n) is 13.1. The number of hydrogen-bond acceptors (Lipinski definition) is 3. The van der Waals surface area contributed by atoms with E-state index in [9.17, 15) is 4.79 Å². The molecule has 23 heavy (non-hydrogen) atoms. The third kappa shape index (κ3) is 3.60. The Hall–Kier alpha value is -1.76. The molecular weight excluding hydrogens is 405 g/mol. The molecule has 2 aromatic rings. The van der Waals surface area contributed by atoms with Crippen molar-refractivity contribution in [2.24, 2.45) is 0 Å². The van der Waals surface area contributed by atoms with Gasteiger partial charge in [0.2, 0.25) is 0 Å². The van der Waals surface area contributed by atoms with Crippen LogP contribution < -0.4 is 14.8 Å². The summed E-state index contributed by atoms with van der Waals surface area (Å²) in [5.74, 6) is 1.34. The van der Waals surface area contributed by atoms with Crippen LogP contribution in [0.4, 0.5) is 5.69 Å². The molecule has 0 saturated carbocycles. The molecular formula is C18H18INO3. The van der Waals surface area contributed by atoms with Gasteiger partial charge in [-0.3, -0.25) is 4.79 Å². The number of halogens is 1. The highest BCUT2D eigenvalue weighted by Gasteiger charge is 2.22. The van der Waals surface area contributed by atoms with Crippen LogP contribution in [-0.2, 0) is 6.42 Å². The van der Waals surface area contributed by atoms with Crippen molar-refractivity contribution in [3.63, 3.8) is 0 Å². The van der Waals surface area contributed by atoms with Crippen molar-refractivity contribution in [2.75, 3.05) is 11.9 Å². The molecule has 1 N–H and O–H groups in total. The predicted octanol–water partition coefficient (Wildman–Crippen LogP) is 4.27. The zero-order valence-corrected chi connectivity index (χ0v) is 15.2. The molecule has 0 bridgehead atoms. The molecule has 1 aliphatic rings. The lowest BCUT2D eigenvalue weighted by molar-refractivity contribution is 0.102. The molecule has 0 fully saturated rings. The second-order valence-electron chi connectivity index (χ2n) is 5.48. The molecule has 1 heterocycles. The first kappa shape index (κ1) is 16.1. The third-order valence-corrected chi connectivity index (χ3v) is 4.37. The summed E-state index contributed by atoms with van der Waals surface area (Å²) < 4.78 is 12.5. The SMILES string of the molecule is CCOc1cc2c(cc1NC(=O)c1ccc(I)cc1)O[C@H](C)C2. The van der Waals surface area contributed by atoms with E-state index in [2.05, 4.69) is 27.9 Å². The molecule has 0 aliphatic carbocycles. The Kier molecular flexibility index (Phi) is 4.75. The number of carbonyl (C=O) groups excluding carboxylic acids is 1. The van der Waals surface area contributed by atoms with Crippen molar-refractivity contribution in [3.05, 3.63) is 51.1 Å². The standard InChI is InChI=1S/C18H18INO3/c1-3-22-17-9-13-8-11(2)23-16(13)10-15(17)20-18(21)12-4-6-14(19)7-5-12/h4-7,9-11H,3,8H2,1-2H3,(H,20,21)/t11-/m1/s1. The number of rotatable bonds is 4. The Balaban J connectivity index is 1.88. The molecule has 1 atom stereocenters. The van der Waals surface area contributed by atoms with Crippen LogP contribution in [0.15, 0.2) is 36.4 Å². The van der Waals surface area contributed by atoms with Crippen LogP contribution in [0.3, 0.4) is 0 Å². The molecule has 2 aromatic carbocycles. The Morgan fingerprint density at radius 3 is 2.78 bits per heavy atom. The average Bonchev–Trinajstić information content (AvgIpc) is 2.87.